The summed E-state index contributed by atoms with van der Waals surface area (Å²) in [6.07, 6.45) is 16.4. The number of nitrogens with zero attached hydrogens (tertiary/aromatic N) is 22. The summed E-state index contributed by atoms with van der Waals surface area (Å²) < 4.78 is 93.6. The molecule has 0 saturated carbocycles. The highest BCUT2D eigenvalue weighted by Crippen LogP contribution is 2.37. The van der Waals surface area contributed by atoms with Gasteiger partial charge in [-0.25, -0.2) is 56.4 Å². The van der Waals surface area contributed by atoms with Gasteiger partial charge in [-0.05, 0) is 70.9 Å². The van der Waals surface area contributed by atoms with E-state index in [4.69, 9.17) is 53.9 Å². The number of aryl methyl sites for hydroxylation is 4. The molecule has 0 radical (unpaired) electrons. The molecule has 15 aromatic heterocycles. The van der Waals surface area contributed by atoms with Crippen molar-refractivity contribution in [1.29, 1.82) is 10.7 Å². The number of fused-ring (bicyclic) bond motifs is 14. The number of amides is 2. The third-order valence-electron chi connectivity index (χ3n) is 22.1. The summed E-state index contributed by atoms with van der Waals surface area (Å²) in [7, 11) is -4.41. The molecule has 4 aromatic carbocycles. The van der Waals surface area contributed by atoms with E-state index < -0.39 is 56.3 Å². The standard InChI is InChI=1S/C23H25N7O2SSi.C23H28N6O4S2Si.C17H13N7O2S.C14H21BrN2OSi.C9H10N4OS2.H2O4S/c1-28-20-17(21-22(28)27-19(10-24)33-21)12-25-29(23(20)31)13-15-6-5-7-18-16(15)11-26-30(18)14-32-8-9-34(2,3)4;1-27-19-17(20-21(27)26-23(34-20)35(2,31)32)12-24-28(22(19)30)13-15-7-6-8-18-16(15)11-25-29(18)14-33-9-10-36(3,4)5;1-23-12-10(13-15(23)21-16(27-13)14(18)25)6-20-24(17(12)26)7-8-3-2-4-11-9(8)5-19-22-11;1-19(2,3)8-7-18-11-17-14-6-4-5-12(9-15)13(14)10-16-17;1-13-5(7(11)14)4(3-10)6-8(13)12-9(15-2)16-6;1-5(2,3)4/h5-7,11-12H,8-9,13-14H2,1-4H3;6-8,11-12H,9-10,13-14H2,1-5H3;2-6H,7H2,1H3,(H2,18,25)(H,19,22);4-6,10H,7-9,11H2,1-3H3;3,10H,1-2H3,(H2,11,14);(H2,1,2,3,4). The van der Waals surface area contributed by atoms with Crippen LogP contribution in [-0.2, 0) is 108 Å². The normalized spacial score (nSPS) is 12.1. The maximum absolute atomic E-state index is 13.4. The minimum absolute atomic E-state index is 0.0299. The molecule has 0 saturated heterocycles. The molecule has 718 valence electrons. The van der Waals surface area contributed by atoms with Gasteiger partial charge in [0.15, 0.2) is 36.9 Å². The molecule has 2 amide bonds. The first kappa shape index (κ1) is 101. The number of hydrogen-bond donors (Lipinski definition) is 6. The number of benzene rings is 4. The number of halogens is 1. The number of alkyl halides is 1. The number of aromatic amines is 1. The highest BCUT2D eigenvalue weighted by Gasteiger charge is 2.28. The van der Waals surface area contributed by atoms with Gasteiger partial charge in [-0.2, -0.15) is 49.4 Å². The van der Waals surface area contributed by atoms with E-state index in [-0.39, 0.29) is 32.6 Å². The molecule has 0 unspecified atom stereocenters. The number of rotatable bonds is 27. The van der Waals surface area contributed by atoms with Gasteiger partial charge >= 0.3 is 10.4 Å². The zero-order valence-electron chi connectivity index (χ0n) is 77.3. The fraction of sp³-hybridized carbons (Fsp3) is 0.326. The fourth-order valence-corrected chi connectivity index (χ4v) is 23.2. The number of carbonyl (C=O) groups is 2. The van der Waals surface area contributed by atoms with Crippen molar-refractivity contribution in [2.45, 2.75) is 131 Å². The van der Waals surface area contributed by atoms with Gasteiger partial charge in [0.25, 0.3) is 28.5 Å². The number of H-pyrrole nitrogens is 1. The molecule has 51 heteroatoms. The molecular weight excluding hydrogens is 2010 g/mol. The van der Waals surface area contributed by atoms with Crippen LogP contribution in [0.2, 0.25) is 77.1 Å². The van der Waals surface area contributed by atoms with Crippen LogP contribution in [0.1, 0.15) is 53.1 Å². The van der Waals surface area contributed by atoms with Gasteiger partial charge in [0.1, 0.15) is 48.5 Å². The molecule has 0 spiro atoms. The number of nitrogens with one attached hydrogen (secondary N) is 2. The van der Waals surface area contributed by atoms with Crippen molar-refractivity contribution in [1.82, 2.24) is 107 Å². The zero-order chi connectivity index (χ0) is 98.8. The van der Waals surface area contributed by atoms with Gasteiger partial charge in [0.05, 0.1) is 104 Å². The molecule has 0 aliphatic carbocycles. The second-order valence-electron chi connectivity index (χ2n) is 35.5. The van der Waals surface area contributed by atoms with E-state index in [1.54, 1.807) is 89.2 Å². The van der Waals surface area contributed by atoms with Crippen LogP contribution in [0.25, 0.3) is 118 Å². The third-order valence-corrected chi connectivity index (χ3v) is 34.7. The van der Waals surface area contributed by atoms with Crippen molar-refractivity contribution in [3.63, 3.8) is 0 Å². The Labute approximate surface area is 814 Å². The summed E-state index contributed by atoms with van der Waals surface area (Å²) in [6.45, 7) is 25.6. The number of thioether (sulfide) groups is 1. The lowest BCUT2D eigenvalue weighted by Gasteiger charge is -2.15. The van der Waals surface area contributed by atoms with Crippen LogP contribution < -0.4 is 28.1 Å². The van der Waals surface area contributed by atoms with Gasteiger partial charge in [0, 0.05) is 133 Å². The molecule has 0 aliphatic heterocycles. The maximum Gasteiger partial charge on any atom is 0.394 e. The topological polar surface area (TPSA) is 528 Å². The van der Waals surface area contributed by atoms with E-state index in [9.17, 15) is 32.4 Å². The predicted octanol–water partition coefficient (Wildman–Crippen LogP) is 13.8. The molecule has 40 nitrogen and oxygen atoms in total. The average Bonchev–Trinajstić information content (AvgIpc) is 1.59. The zero-order valence-corrected chi connectivity index (χ0v) is 87.6. The first-order chi connectivity index (χ1) is 64.8. The molecule has 0 aliphatic rings. The van der Waals surface area contributed by atoms with E-state index in [1.165, 1.54) is 65.0 Å². The first-order valence-electron chi connectivity index (χ1n) is 42.3. The molecule has 8 N–H and O–H groups in total. The van der Waals surface area contributed by atoms with E-state index in [2.05, 4.69) is 160 Å². The van der Waals surface area contributed by atoms with Crippen LogP contribution in [-0.4, -0.2) is 208 Å². The van der Waals surface area contributed by atoms with Crippen molar-refractivity contribution >= 4 is 253 Å². The number of sulfone groups is 1. The lowest BCUT2D eigenvalue weighted by Crippen LogP contribution is -2.24. The Balaban J connectivity index is 0.000000139. The molecule has 15 heterocycles. The first-order valence-corrected chi connectivity index (χ1v) is 62.4. The van der Waals surface area contributed by atoms with E-state index in [1.807, 2.05) is 87.3 Å². The van der Waals surface area contributed by atoms with Crippen LogP contribution >= 0.6 is 73.0 Å². The minimum atomic E-state index is -4.67. The van der Waals surface area contributed by atoms with Crippen LogP contribution in [0.3, 0.4) is 0 Å². The molecular formula is C86H99BrN26O14S7Si3. The lowest BCUT2D eigenvalue weighted by molar-refractivity contribution is 0.0816. The number of primary amides is 2. The van der Waals surface area contributed by atoms with Crippen LogP contribution in [0.4, 0.5) is 0 Å². The number of aromatic nitrogens is 22. The second-order valence-corrected chi connectivity index (χ2v) is 61.1. The summed E-state index contributed by atoms with van der Waals surface area (Å²) in [5.74, 6) is -1.12. The molecule has 137 heavy (non-hydrogen) atoms. The van der Waals surface area contributed by atoms with Gasteiger partial charge in [-0.3, -0.25) is 38.2 Å². The highest BCUT2D eigenvalue weighted by molar-refractivity contribution is 9.08. The highest BCUT2D eigenvalue weighted by atomic mass is 79.9. The summed E-state index contributed by atoms with van der Waals surface area (Å²) in [6, 6.07) is 29.4. The Bertz CT molecular complexity index is 8320. The van der Waals surface area contributed by atoms with Gasteiger partial charge in [-0.15, -0.1) is 45.3 Å². The number of hydrogen-bond acceptors (Lipinski definition) is 30. The smallest absolute Gasteiger partial charge is 0.364 e. The molecule has 0 fully saturated rings. The average molecular weight is 2110 g/mol. The van der Waals surface area contributed by atoms with Crippen molar-refractivity contribution in [2.75, 3.05) is 32.3 Å². The molecule has 0 atom stereocenters. The minimum Gasteiger partial charge on any atom is -0.364 e. The van der Waals surface area contributed by atoms with E-state index in [0.29, 0.717) is 111 Å². The Kier molecular flexibility index (Phi) is 30.6. The van der Waals surface area contributed by atoms with Crippen LogP contribution in [0.5, 0.6) is 0 Å². The SMILES string of the molecule is CSc1nc2c(s1)c(C=N)c(C(N)=O)n2C.C[Si](C)(C)CCOCn1ncc2c(CBr)cccc21.Cn1c2nc(C#N)sc2c2cnn(Cc3cccc4c3cnn4COCC[Si](C)(C)C)c(=O)c21.Cn1c2nc(C(N)=O)sc2c2cnn(Cc3cccc4[nH]ncc34)c(=O)c21.Cn1c2nc(S(C)(=O)=O)sc2c2cnn(Cc3cccc4c3cnn4COCC[Si](C)(C)C)c(=O)c21.O=S(=O)(O)O. The third kappa shape index (κ3) is 22.6. The van der Waals surface area contributed by atoms with Gasteiger partial charge < -0.3 is 49.4 Å². The van der Waals surface area contributed by atoms with E-state index >= 15 is 0 Å². The van der Waals surface area contributed by atoms with Crippen molar-refractivity contribution < 1.29 is 49.7 Å². The number of nitriles is 1. The van der Waals surface area contributed by atoms with Gasteiger partial charge in [-0.1, -0.05) is 135 Å². The summed E-state index contributed by atoms with van der Waals surface area (Å²) in [5, 5.41) is 57.6. The van der Waals surface area contributed by atoms with Crippen molar-refractivity contribution in [2.24, 2.45) is 39.7 Å². The molecule has 19 rings (SSSR count). The summed E-state index contributed by atoms with van der Waals surface area (Å²) in [5.41, 5.74) is 22.7. The van der Waals surface area contributed by atoms with Crippen molar-refractivity contribution in [3.05, 3.63) is 191 Å². The van der Waals surface area contributed by atoms with Crippen molar-refractivity contribution in [3.8, 4) is 6.07 Å². The van der Waals surface area contributed by atoms with Crippen LogP contribution in [0.15, 0.2) is 139 Å². The monoisotopic (exact) mass is 2110 g/mol. The number of ether oxygens (including phenoxy) is 3. The largest absolute Gasteiger partial charge is 0.394 e. The quantitative estimate of drug-likeness (QED) is 0.00695. The predicted molar refractivity (Wildman–Crippen MR) is 549 cm³/mol. The van der Waals surface area contributed by atoms with Gasteiger partial charge in [0.2, 0.25) is 14.2 Å². The maximum atomic E-state index is 13.4. The Morgan fingerprint density at radius 3 is 1.29 bits per heavy atom. The summed E-state index contributed by atoms with van der Waals surface area (Å²) in [4.78, 5) is 79.7. The molecule has 19 aromatic rings. The fourth-order valence-electron chi connectivity index (χ4n) is 15.0. The van der Waals surface area contributed by atoms with Crippen LogP contribution in [0, 0.1) is 16.7 Å². The Morgan fingerprint density at radius 2 is 0.891 bits per heavy atom. The lowest BCUT2D eigenvalue weighted by atomic mass is 10.1. The number of carbonyl (C=O) groups excluding carboxylic acids is 2. The molecule has 0 bridgehead atoms. The Morgan fingerprint density at radius 1 is 0.511 bits per heavy atom. The number of thiazole rings is 4. The second kappa shape index (κ2) is 41.4. The summed E-state index contributed by atoms with van der Waals surface area (Å²) >= 11 is 10.0. The number of nitrogens with two attached hydrogens (primary N) is 2. The Hall–Kier alpha value is -11.9. The van der Waals surface area contributed by atoms with E-state index in [0.717, 1.165) is 133 Å².